The fourth-order valence-electron chi connectivity index (χ4n) is 2.95. The summed E-state index contributed by atoms with van der Waals surface area (Å²) < 4.78 is 14.2. The Labute approximate surface area is 138 Å². The Morgan fingerprint density at radius 1 is 1.21 bits per heavy atom. The normalized spacial score (nSPS) is 17.8. The van der Waals surface area contributed by atoms with Crippen molar-refractivity contribution in [3.63, 3.8) is 0 Å². The number of benzene rings is 1. The van der Waals surface area contributed by atoms with E-state index in [1.807, 2.05) is 0 Å². The molecular weight excluding hydrogens is 311 g/mol. The Morgan fingerprint density at radius 3 is 2.67 bits per heavy atom. The van der Waals surface area contributed by atoms with Gasteiger partial charge in [0.1, 0.15) is 11.5 Å². The van der Waals surface area contributed by atoms with E-state index in [4.69, 9.17) is 5.73 Å². The number of nitrogens with two attached hydrogens (primary N) is 1. The highest BCUT2D eigenvalue weighted by atomic mass is 19.1. The van der Waals surface area contributed by atoms with Gasteiger partial charge in [-0.3, -0.25) is 9.59 Å². The summed E-state index contributed by atoms with van der Waals surface area (Å²) in [5.41, 5.74) is 5.97. The van der Waals surface area contributed by atoms with Gasteiger partial charge >= 0.3 is 0 Å². The summed E-state index contributed by atoms with van der Waals surface area (Å²) in [7, 11) is 0. The van der Waals surface area contributed by atoms with Crippen molar-refractivity contribution in [3.8, 4) is 5.69 Å². The fraction of sp³-hybridized carbons (Fsp3) is 0.353. The number of nitrogens with zero attached hydrogens (tertiary/aromatic N) is 3. The van der Waals surface area contributed by atoms with Crippen molar-refractivity contribution in [2.24, 2.45) is 5.73 Å². The summed E-state index contributed by atoms with van der Waals surface area (Å²) in [5.74, 6) is -0.640. The molecule has 2 N–H and O–H groups in total. The molecule has 3 rings (SSSR count). The maximum atomic E-state index is 13.1. The summed E-state index contributed by atoms with van der Waals surface area (Å²) in [6.07, 6.45) is 2.85. The average Bonchev–Trinajstić information content (AvgIpc) is 2.62. The van der Waals surface area contributed by atoms with Crippen LogP contribution in [0.5, 0.6) is 0 Å². The predicted molar refractivity (Wildman–Crippen MR) is 87.5 cm³/mol. The standard InChI is InChI=1S/C17H19FN4O2/c18-12-4-6-13(7-5-12)22-16(23)9-8-15(20-22)17(24)21-10-2-1-3-14(21)11-19/h4-9,14H,1-3,10-11,19H2/t14-/m1/s1. The summed E-state index contributed by atoms with van der Waals surface area (Å²) in [4.78, 5) is 26.5. The number of carbonyl (C=O) groups is 1. The molecule has 0 spiro atoms. The molecule has 2 aromatic rings. The minimum Gasteiger partial charge on any atom is -0.333 e. The molecule has 1 aliphatic rings. The van der Waals surface area contributed by atoms with Crippen LogP contribution in [-0.4, -0.2) is 39.7 Å². The van der Waals surface area contributed by atoms with E-state index in [1.165, 1.54) is 36.4 Å². The van der Waals surface area contributed by atoms with Crippen LogP contribution in [0, 0.1) is 5.82 Å². The number of piperidine rings is 1. The third-order valence-corrected chi connectivity index (χ3v) is 4.25. The van der Waals surface area contributed by atoms with E-state index in [-0.39, 0.29) is 23.2 Å². The Hall–Kier alpha value is -2.54. The number of aromatic nitrogens is 2. The highest BCUT2D eigenvalue weighted by Crippen LogP contribution is 2.18. The minimum absolute atomic E-state index is 0.000695. The van der Waals surface area contributed by atoms with Gasteiger partial charge in [0.15, 0.2) is 0 Å². The van der Waals surface area contributed by atoms with Crippen molar-refractivity contribution in [2.75, 3.05) is 13.1 Å². The zero-order valence-corrected chi connectivity index (χ0v) is 13.2. The van der Waals surface area contributed by atoms with Crippen LogP contribution in [0.3, 0.4) is 0 Å². The SMILES string of the molecule is NC[C@H]1CCCCN1C(=O)c1ccc(=O)n(-c2ccc(F)cc2)n1. The Balaban J connectivity index is 1.94. The Morgan fingerprint density at radius 2 is 1.96 bits per heavy atom. The van der Waals surface area contributed by atoms with Gasteiger partial charge in [0.2, 0.25) is 0 Å². The minimum atomic E-state index is -0.405. The van der Waals surface area contributed by atoms with Gasteiger partial charge in [0.05, 0.1) is 5.69 Å². The topological polar surface area (TPSA) is 81.2 Å². The van der Waals surface area contributed by atoms with Crippen molar-refractivity contribution >= 4 is 5.91 Å². The predicted octanol–water partition coefficient (Wildman–Crippen LogP) is 1.32. The first-order valence-electron chi connectivity index (χ1n) is 7.97. The molecule has 0 aliphatic carbocycles. The van der Waals surface area contributed by atoms with Gasteiger partial charge in [0, 0.05) is 25.2 Å². The molecule has 126 valence electrons. The molecule has 1 fully saturated rings. The largest absolute Gasteiger partial charge is 0.333 e. The molecule has 1 aliphatic heterocycles. The monoisotopic (exact) mass is 330 g/mol. The van der Waals surface area contributed by atoms with Crippen molar-refractivity contribution in [3.05, 3.63) is 58.3 Å². The van der Waals surface area contributed by atoms with Gasteiger partial charge in [-0.25, -0.2) is 4.39 Å². The van der Waals surface area contributed by atoms with Gasteiger partial charge in [-0.15, -0.1) is 0 Å². The molecule has 24 heavy (non-hydrogen) atoms. The van der Waals surface area contributed by atoms with E-state index < -0.39 is 5.82 Å². The van der Waals surface area contributed by atoms with Crippen molar-refractivity contribution < 1.29 is 9.18 Å². The number of carbonyl (C=O) groups excluding carboxylic acids is 1. The van der Waals surface area contributed by atoms with Crippen LogP contribution in [0.25, 0.3) is 5.69 Å². The highest BCUT2D eigenvalue weighted by Gasteiger charge is 2.27. The van der Waals surface area contributed by atoms with Crippen molar-refractivity contribution in [1.29, 1.82) is 0 Å². The van der Waals surface area contributed by atoms with Crippen molar-refractivity contribution in [2.45, 2.75) is 25.3 Å². The zero-order chi connectivity index (χ0) is 17.1. The second-order valence-corrected chi connectivity index (χ2v) is 5.83. The number of rotatable bonds is 3. The maximum absolute atomic E-state index is 13.1. The zero-order valence-electron chi connectivity index (χ0n) is 13.2. The number of halogens is 1. The second kappa shape index (κ2) is 6.92. The van der Waals surface area contributed by atoms with Crippen LogP contribution in [0.2, 0.25) is 0 Å². The number of likely N-dealkylation sites (tertiary alicyclic amines) is 1. The van der Waals surface area contributed by atoms with Gasteiger partial charge in [-0.1, -0.05) is 0 Å². The summed E-state index contributed by atoms with van der Waals surface area (Å²) in [6.45, 7) is 1.04. The lowest BCUT2D eigenvalue weighted by atomic mass is 10.0. The molecule has 1 saturated heterocycles. The van der Waals surface area contributed by atoms with E-state index >= 15 is 0 Å². The average molecular weight is 330 g/mol. The molecule has 0 radical (unpaired) electrons. The lowest BCUT2D eigenvalue weighted by Crippen LogP contribution is -2.48. The molecule has 1 amide bonds. The number of hydrogen-bond donors (Lipinski definition) is 1. The van der Waals surface area contributed by atoms with Gasteiger partial charge in [-0.05, 0) is 49.6 Å². The van der Waals surface area contributed by atoms with E-state index in [1.54, 1.807) is 4.90 Å². The Bertz CT molecular complexity index is 788. The van der Waals surface area contributed by atoms with E-state index in [0.717, 1.165) is 23.9 Å². The molecule has 0 bridgehead atoms. The highest BCUT2D eigenvalue weighted by molar-refractivity contribution is 5.92. The molecule has 7 heteroatoms. The van der Waals surface area contributed by atoms with Crippen LogP contribution in [0.4, 0.5) is 4.39 Å². The third-order valence-electron chi connectivity index (χ3n) is 4.25. The second-order valence-electron chi connectivity index (χ2n) is 5.83. The molecule has 6 nitrogen and oxygen atoms in total. The molecule has 0 unspecified atom stereocenters. The van der Waals surface area contributed by atoms with Crippen LogP contribution in [-0.2, 0) is 0 Å². The van der Waals surface area contributed by atoms with Crippen molar-refractivity contribution in [1.82, 2.24) is 14.7 Å². The van der Waals surface area contributed by atoms with E-state index in [2.05, 4.69) is 5.10 Å². The van der Waals surface area contributed by atoms with Crippen LogP contribution < -0.4 is 11.3 Å². The molecular formula is C17H19FN4O2. The Kier molecular flexibility index (Phi) is 4.71. The van der Waals surface area contributed by atoms with Gasteiger partial charge < -0.3 is 10.6 Å². The first-order chi connectivity index (χ1) is 11.6. The lowest BCUT2D eigenvalue weighted by molar-refractivity contribution is 0.0615. The van der Waals surface area contributed by atoms with Crippen LogP contribution in [0.15, 0.2) is 41.2 Å². The van der Waals surface area contributed by atoms with Crippen LogP contribution >= 0.6 is 0 Å². The number of hydrogen-bond acceptors (Lipinski definition) is 4. The first-order valence-corrected chi connectivity index (χ1v) is 7.97. The first kappa shape index (κ1) is 16.3. The number of amides is 1. The van der Waals surface area contributed by atoms with Gasteiger partial charge in [0.25, 0.3) is 11.5 Å². The quantitative estimate of drug-likeness (QED) is 0.920. The summed E-state index contributed by atoms with van der Waals surface area (Å²) in [5, 5.41) is 4.17. The molecule has 2 heterocycles. The van der Waals surface area contributed by atoms with E-state index in [9.17, 15) is 14.0 Å². The fourth-order valence-corrected chi connectivity index (χ4v) is 2.95. The lowest BCUT2D eigenvalue weighted by Gasteiger charge is -2.34. The molecule has 0 saturated carbocycles. The van der Waals surface area contributed by atoms with Crippen LogP contribution in [0.1, 0.15) is 29.8 Å². The van der Waals surface area contributed by atoms with Gasteiger partial charge in [-0.2, -0.15) is 9.78 Å². The maximum Gasteiger partial charge on any atom is 0.274 e. The van der Waals surface area contributed by atoms with E-state index in [0.29, 0.717) is 18.8 Å². The summed E-state index contributed by atoms with van der Waals surface area (Å²) >= 11 is 0. The third kappa shape index (κ3) is 3.21. The summed E-state index contributed by atoms with van der Waals surface area (Å²) in [6, 6.07) is 8.10. The molecule has 1 aromatic carbocycles. The smallest absolute Gasteiger partial charge is 0.274 e. The molecule has 1 aromatic heterocycles. The molecule has 1 atom stereocenters.